The molecule has 1 aromatic rings. The quantitative estimate of drug-likeness (QED) is 0.513. The van der Waals surface area contributed by atoms with Crippen LogP contribution in [0.1, 0.15) is 18.1 Å². The number of alkyl halides is 1. The Hall–Kier alpha value is -0.940. The number of nitrogens with zero attached hydrogens (tertiary/aromatic N) is 1. The Morgan fingerprint density at radius 3 is 2.71 bits per heavy atom. The lowest BCUT2D eigenvalue weighted by Gasteiger charge is -2.08. The van der Waals surface area contributed by atoms with Gasteiger partial charge in [-0.15, -0.1) is 0 Å². The van der Waals surface area contributed by atoms with Gasteiger partial charge in [0.2, 0.25) is 0 Å². The molecule has 0 heterocycles. The fourth-order valence-electron chi connectivity index (χ4n) is 1.19. The molecular formula is C9H10BrNO3. The molecule has 0 radical (unpaired) electrons. The number of halogens is 1. The highest BCUT2D eigenvalue weighted by molar-refractivity contribution is 9.09. The van der Waals surface area contributed by atoms with Crippen LogP contribution in [0.25, 0.3) is 0 Å². The van der Waals surface area contributed by atoms with Gasteiger partial charge in [0.25, 0.3) is 5.69 Å². The molecular weight excluding hydrogens is 250 g/mol. The van der Waals surface area contributed by atoms with Crippen molar-refractivity contribution in [3.05, 3.63) is 39.9 Å². The van der Waals surface area contributed by atoms with Crippen LogP contribution < -0.4 is 0 Å². The Bertz CT molecular complexity index is 330. The maximum atomic E-state index is 10.6. The molecule has 0 aromatic heterocycles. The molecule has 1 atom stereocenters. The van der Waals surface area contributed by atoms with Crippen LogP contribution >= 0.6 is 15.9 Å². The van der Waals surface area contributed by atoms with E-state index in [-0.39, 0.29) is 5.69 Å². The summed E-state index contributed by atoms with van der Waals surface area (Å²) in [6.07, 6.45) is -0.318. The molecule has 76 valence electrons. The predicted molar refractivity (Wildman–Crippen MR) is 56.5 cm³/mol. The van der Waals surface area contributed by atoms with Crippen LogP contribution in [0.15, 0.2) is 24.3 Å². The second kappa shape index (κ2) is 5.07. The fraction of sp³-hybridized carbons (Fsp3) is 0.333. The van der Waals surface area contributed by atoms with Gasteiger partial charge in [-0.3, -0.25) is 10.1 Å². The van der Waals surface area contributed by atoms with Gasteiger partial charge in [0.05, 0.1) is 16.6 Å². The number of rotatable bonds is 4. The van der Waals surface area contributed by atoms with Crippen LogP contribution in [0.5, 0.6) is 0 Å². The topological polar surface area (TPSA) is 63.4 Å². The molecule has 14 heavy (non-hydrogen) atoms. The number of hydrogen-bond donors (Lipinski definition) is 1. The van der Waals surface area contributed by atoms with Gasteiger partial charge in [-0.2, -0.15) is 0 Å². The van der Waals surface area contributed by atoms with E-state index >= 15 is 0 Å². The number of nitro benzene ring substituents is 1. The summed E-state index contributed by atoms with van der Waals surface area (Å²) in [5.41, 5.74) is 0.345. The average Bonchev–Trinajstić information content (AvgIpc) is 2.18. The molecule has 0 spiro atoms. The molecule has 0 aliphatic carbocycles. The van der Waals surface area contributed by atoms with Gasteiger partial charge < -0.3 is 5.11 Å². The summed E-state index contributed by atoms with van der Waals surface area (Å²) in [6.45, 7) is 0. The summed E-state index contributed by atoms with van der Waals surface area (Å²) in [5, 5.41) is 20.8. The Morgan fingerprint density at radius 2 is 2.14 bits per heavy atom. The zero-order chi connectivity index (χ0) is 10.6. The predicted octanol–water partition coefficient (Wildman–Crippen LogP) is 2.41. The highest BCUT2D eigenvalue weighted by Crippen LogP contribution is 2.26. The number of aliphatic hydroxyl groups is 1. The van der Waals surface area contributed by atoms with Gasteiger partial charge in [0.1, 0.15) is 0 Å². The number of hydrogen-bond acceptors (Lipinski definition) is 3. The summed E-state index contributed by atoms with van der Waals surface area (Å²) in [6, 6.07) is 6.24. The van der Waals surface area contributed by atoms with E-state index in [1.54, 1.807) is 18.2 Å². The van der Waals surface area contributed by atoms with Crippen molar-refractivity contribution < 1.29 is 10.0 Å². The minimum atomic E-state index is -0.782. The van der Waals surface area contributed by atoms with Gasteiger partial charge >= 0.3 is 0 Å². The van der Waals surface area contributed by atoms with E-state index in [9.17, 15) is 15.2 Å². The van der Waals surface area contributed by atoms with Crippen LogP contribution in [-0.4, -0.2) is 15.4 Å². The molecule has 0 aliphatic rings. The third kappa shape index (κ3) is 2.52. The fourth-order valence-corrected chi connectivity index (χ4v) is 1.63. The Labute approximate surface area is 89.8 Å². The van der Waals surface area contributed by atoms with Crippen LogP contribution in [0.4, 0.5) is 5.69 Å². The van der Waals surface area contributed by atoms with Crippen molar-refractivity contribution in [2.75, 3.05) is 5.33 Å². The lowest BCUT2D eigenvalue weighted by molar-refractivity contribution is -0.386. The van der Waals surface area contributed by atoms with E-state index in [1.807, 2.05) is 0 Å². The van der Waals surface area contributed by atoms with E-state index in [4.69, 9.17) is 0 Å². The zero-order valence-electron chi connectivity index (χ0n) is 7.39. The lowest BCUT2D eigenvalue weighted by atomic mass is 10.1. The molecule has 0 aliphatic heterocycles. The summed E-state index contributed by atoms with van der Waals surface area (Å²) >= 11 is 3.18. The molecule has 0 saturated carbocycles. The highest BCUT2D eigenvalue weighted by atomic mass is 79.9. The van der Waals surface area contributed by atoms with E-state index < -0.39 is 11.0 Å². The monoisotopic (exact) mass is 259 g/mol. The van der Waals surface area contributed by atoms with E-state index in [2.05, 4.69) is 15.9 Å². The van der Waals surface area contributed by atoms with Crippen molar-refractivity contribution in [2.45, 2.75) is 12.5 Å². The molecule has 0 fully saturated rings. The number of aliphatic hydroxyl groups excluding tert-OH is 1. The first kappa shape index (κ1) is 11.1. The van der Waals surface area contributed by atoms with Gasteiger partial charge in [0, 0.05) is 11.4 Å². The van der Waals surface area contributed by atoms with Crippen molar-refractivity contribution in [1.82, 2.24) is 0 Å². The lowest BCUT2D eigenvalue weighted by Crippen LogP contribution is -2.02. The second-order valence-electron chi connectivity index (χ2n) is 2.81. The Balaban J connectivity index is 3.00. The van der Waals surface area contributed by atoms with Crippen LogP contribution in [-0.2, 0) is 0 Å². The standard InChI is InChI=1S/C9H10BrNO3/c10-6-5-9(12)7-3-1-2-4-8(7)11(13)14/h1-4,9,12H,5-6H2/t9-/m1/s1. The molecule has 4 nitrogen and oxygen atoms in total. The molecule has 0 bridgehead atoms. The third-order valence-electron chi connectivity index (χ3n) is 1.87. The van der Waals surface area contributed by atoms with Crippen LogP contribution in [0.3, 0.4) is 0 Å². The summed E-state index contributed by atoms with van der Waals surface area (Å²) in [7, 11) is 0. The molecule has 0 unspecified atom stereocenters. The maximum absolute atomic E-state index is 10.6. The third-order valence-corrected chi connectivity index (χ3v) is 2.33. The minimum Gasteiger partial charge on any atom is -0.388 e. The molecule has 5 heteroatoms. The normalized spacial score (nSPS) is 12.4. The number of nitro groups is 1. The van der Waals surface area contributed by atoms with Crippen molar-refractivity contribution in [2.24, 2.45) is 0 Å². The van der Waals surface area contributed by atoms with Crippen LogP contribution in [0.2, 0.25) is 0 Å². The van der Waals surface area contributed by atoms with Crippen molar-refractivity contribution in [3.8, 4) is 0 Å². The van der Waals surface area contributed by atoms with Gasteiger partial charge in [0.15, 0.2) is 0 Å². The molecule has 0 saturated heterocycles. The highest BCUT2D eigenvalue weighted by Gasteiger charge is 2.18. The van der Waals surface area contributed by atoms with Crippen LogP contribution in [0, 0.1) is 10.1 Å². The maximum Gasteiger partial charge on any atom is 0.275 e. The largest absolute Gasteiger partial charge is 0.388 e. The first-order valence-corrected chi connectivity index (χ1v) is 5.26. The SMILES string of the molecule is O=[N+]([O-])c1ccccc1[C@H](O)CCBr. The van der Waals surface area contributed by atoms with Gasteiger partial charge in [-0.1, -0.05) is 28.1 Å². The van der Waals surface area contributed by atoms with Crippen molar-refractivity contribution in [3.63, 3.8) is 0 Å². The van der Waals surface area contributed by atoms with Crippen molar-refractivity contribution in [1.29, 1.82) is 0 Å². The Kier molecular flexibility index (Phi) is 4.03. The van der Waals surface area contributed by atoms with Gasteiger partial charge in [-0.25, -0.2) is 0 Å². The summed E-state index contributed by atoms with van der Waals surface area (Å²) in [4.78, 5) is 10.1. The summed E-state index contributed by atoms with van der Waals surface area (Å²) in [5.74, 6) is 0. The van der Waals surface area contributed by atoms with E-state index in [1.165, 1.54) is 6.07 Å². The van der Waals surface area contributed by atoms with Crippen molar-refractivity contribution >= 4 is 21.6 Å². The first-order valence-electron chi connectivity index (χ1n) is 4.14. The Morgan fingerprint density at radius 1 is 1.50 bits per heavy atom. The smallest absolute Gasteiger partial charge is 0.275 e. The van der Waals surface area contributed by atoms with E-state index in [0.29, 0.717) is 17.3 Å². The average molecular weight is 260 g/mol. The first-order chi connectivity index (χ1) is 6.66. The molecule has 1 rings (SSSR count). The summed E-state index contributed by atoms with van der Waals surface area (Å²) < 4.78 is 0. The minimum absolute atomic E-state index is 0.0269. The second-order valence-corrected chi connectivity index (χ2v) is 3.60. The van der Waals surface area contributed by atoms with E-state index in [0.717, 1.165) is 0 Å². The molecule has 1 aromatic carbocycles. The van der Waals surface area contributed by atoms with Gasteiger partial charge in [-0.05, 0) is 12.5 Å². The number of para-hydroxylation sites is 1. The zero-order valence-corrected chi connectivity index (χ0v) is 8.98. The molecule has 0 amide bonds. The molecule has 1 N–H and O–H groups in total. The number of benzene rings is 1.